The van der Waals surface area contributed by atoms with E-state index in [0.717, 1.165) is 18.5 Å². The molecule has 2 rings (SSSR count). The number of hydrogen-bond acceptors (Lipinski definition) is 3. The molecule has 0 radical (unpaired) electrons. The minimum Gasteiger partial charge on any atom is -0.396 e. The summed E-state index contributed by atoms with van der Waals surface area (Å²) in [5.74, 6) is -0.0774. The minimum atomic E-state index is -0.0774. The van der Waals surface area contributed by atoms with E-state index in [1.165, 1.54) is 0 Å². The van der Waals surface area contributed by atoms with Crippen LogP contribution in [-0.2, 0) is 0 Å². The van der Waals surface area contributed by atoms with E-state index in [0.29, 0.717) is 18.5 Å². The summed E-state index contributed by atoms with van der Waals surface area (Å²) >= 11 is 0. The van der Waals surface area contributed by atoms with Gasteiger partial charge in [0.05, 0.1) is 6.33 Å². The lowest BCUT2D eigenvalue weighted by molar-refractivity contribution is 0.0907. The van der Waals surface area contributed by atoms with Crippen molar-refractivity contribution in [3.8, 4) is 5.69 Å². The van der Waals surface area contributed by atoms with E-state index < -0.39 is 0 Å². The van der Waals surface area contributed by atoms with Gasteiger partial charge < -0.3 is 15.0 Å². The molecule has 0 spiro atoms. The predicted molar refractivity (Wildman–Crippen MR) is 90.6 cm³/mol. The first kappa shape index (κ1) is 17.2. The van der Waals surface area contributed by atoms with Gasteiger partial charge in [-0.15, -0.1) is 0 Å². The lowest BCUT2D eigenvalue weighted by atomic mass is 9.79. The lowest BCUT2D eigenvalue weighted by Crippen LogP contribution is -2.37. The van der Waals surface area contributed by atoms with Crippen molar-refractivity contribution in [2.24, 2.45) is 5.41 Å². The number of carbonyl (C=O) groups excluding carboxylic acids is 1. The Hall–Kier alpha value is -2.14. The van der Waals surface area contributed by atoms with Gasteiger partial charge in [-0.25, -0.2) is 4.98 Å². The molecular weight excluding hydrogens is 290 g/mol. The van der Waals surface area contributed by atoms with Gasteiger partial charge in [0, 0.05) is 36.8 Å². The molecule has 1 amide bonds. The van der Waals surface area contributed by atoms with E-state index >= 15 is 0 Å². The molecule has 1 aromatic carbocycles. The summed E-state index contributed by atoms with van der Waals surface area (Å²) in [6.07, 6.45) is 7.88. The van der Waals surface area contributed by atoms with Crippen LogP contribution in [0.4, 0.5) is 0 Å². The molecule has 124 valence electrons. The molecular formula is C18H25N3O2. The molecule has 0 aliphatic heterocycles. The van der Waals surface area contributed by atoms with Crippen molar-refractivity contribution >= 4 is 5.91 Å². The number of amides is 1. The maximum Gasteiger partial charge on any atom is 0.251 e. The van der Waals surface area contributed by atoms with Crippen LogP contribution in [0.5, 0.6) is 0 Å². The number of imidazole rings is 1. The van der Waals surface area contributed by atoms with E-state index in [1.807, 2.05) is 35.0 Å². The molecule has 2 aromatic rings. The standard InChI is InChI=1S/C18H25N3O2/c1-3-18(4-2,9-12-22)13-20-17(23)15-5-7-16(8-6-15)21-11-10-19-14-21/h5-8,10-11,14,22H,3-4,9,12-13H2,1-2H3,(H,20,23). The number of rotatable bonds is 8. The van der Waals surface area contributed by atoms with Crippen LogP contribution in [0.1, 0.15) is 43.5 Å². The molecule has 5 nitrogen and oxygen atoms in total. The maximum absolute atomic E-state index is 12.3. The quantitative estimate of drug-likeness (QED) is 0.787. The third-order valence-electron chi connectivity index (χ3n) is 4.70. The number of benzene rings is 1. The highest BCUT2D eigenvalue weighted by Gasteiger charge is 2.26. The SMILES string of the molecule is CCC(CC)(CCO)CNC(=O)c1ccc(-n2ccnc2)cc1. The van der Waals surface area contributed by atoms with Crippen LogP contribution in [-0.4, -0.2) is 33.7 Å². The van der Waals surface area contributed by atoms with Gasteiger partial charge >= 0.3 is 0 Å². The summed E-state index contributed by atoms with van der Waals surface area (Å²) in [4.78, 5) is 16.3. The highest BCUT2D eigenvalue weighted by Crippen LogP contribution is 2.29. The molecule has 0 aliphatic carbocycles. The summed E-state index contributed by atoms with van der Waals surface area (Å²) < 4.78 is 1.89. The summed E-state index contributed by atoms with van der Waals surface area (Å²) in [5, 5.41) is 12.3. The Bertz CT molecular complexity index is 602. The Kier molecular flexibility index (Phi) is 5.93. The third kappa shape index (κ3) is 4.20. The second-order valence-corrected chi connectivity index (χ2v) is 5.88. The summed E-state index contributed by atoms with van der Waals surface area (Å²) in [5.41, 5.74) is 1.58. The monoisotopic (exact) mass is 315 g/mol. The topological polar surface area (TPSA) is 67.2 Å². The normalized spacial score (nSPS) is 11.4. The van der Waals surface area contributed by atoms with Crippen LogP contribution in [0.15, 0.2) is 43.0 Å². The third-order valence-corrected chi connectivity index (χ3v) is 4.70. The van der Waals surface area contributed by atoms with Gasteiger partial charge in [0.25, 0.3) is 5.91 Å². The van der Waals surface area contributed by atoms with Crippen molar-refractivity contribution in [2.75, 3.05) is 13.2 Å². The number of hydrogen-bond donors (Lipinski definition) is 2. The van der Waals surface area contributed by atoms with Crippen LogP contribution in [0, 0.1) is 5.41 Å². The number of nitrogens with one attached hydrogen (secondary N) is 1. The van der Waals surface area contributed by atoms with E-state index in [-0.39, 0.29) is 17.9 Å². The van der Waals surface area contributed by atoms with E-state index in [2.05, 4.69) is 24.1 Å². The summed E-state index contributed by atoms with van der Waals surface area (Å²) in [6, 6.07) is 7.43. The molecule has 0 unspecified atom stereocenters. The first-order valence-corrected chi connectivity index (χ1v) is 8.11. The average molecular weight is 315 g/mol. The Labute approximate surface area is 137 Å². The fourth-order valence-corrected chi connectivity index (χ4v) is 2.75. The second kappa shape index (κ2) is 7.92. The molecule has 0 atom stereocenters. The first-order valence-electron chi connectivity index (χ1n) is 8.11. The summed E-state index contributed by atoms with van der Waals surface area (Å²) in [6.45, 7) is 4.94. The number of aliphatic hydroxyl groups excluding tert-OH is 1. The predicted octanol–water partition coefficient (Wildman–Crippen LogP) is 2.79. The highest BCUT2D eigenvalue weighted by atomic mass is 16.3. The molecule has 23 heavy (non-hydrogen) atoms. The van der Waals surface area contributed by atoms with Gasteiger partial charge in [-0.05, 0) is 48.9 Å². The lowest BCUT2D eigenvalue weighted by Gasteiger charge is -2.31. The Morgan fingerprint density at radius 3 is 2.48 bits per heavy atom. The highest BCUT2D eigenvalue weighted by molar-refractivity contribution is 5.94. The first-order chi connectivity index (χ1) is 11.1. The zero-order valence-electron chi connectivity index (χ0n) is 13.8. The summed E-state index contributed by atoms with van der Waals surface area (Å²) in [7, 11) is 0. The van der Waals surface area contributed by atoms with Gasteiger partial charge in [-0.3, -0.25) is 4.79 Å². The minimum absolute atomic E-state index is 0.0266. The molecule has 1 heterocycles. The van der Waals surface area contributed by atoms with Crippen LogP contribution >= 0.6 is 0 Å². The smallest absolute Gasteiger partial charge is 0.251 e. The van der Waals surface area contributed by atoms with E-state index in [1.54, 1.807) is 12.5 Å². The van der Waals surface area contributed by atoms with Crippen molar-refractivity contribution in [3.63, 3.8) is 0 Å². The van der Waals surface area contributed by atoms with Crippen molar-refractivity contribution in [2.45, 2.75) is 33.1 Å². The molecule has 2 N–H and O–H groups in total. The van der Waals surface area contributed by atoms with E-state index in [9.17, 15) is 9.90 Å². The second-order valence-electron chi connectivity index (χ2n) is 5.88. The Morgan fingerprint density at radius 2 is 1.96 bits per heavy atom. The largest absolute Gasteiger partial charge is 0.396 e. The van der Waals surface area contributed by atoms with Crippen LogP contribution in [0.3, 0.4) is 0 Å². The molecule has 0 saturated heterocycles. The fourth-order valence-electron chi connectivity index (χ4n) is 2.75. The number of aliphatic hydroxyl groups is 1. The van der Waals surface area contributed by atoms with Gasteiger partial charge in [0.15, 0.2) is 0 Å². The zero-order chi connectivity index (χ0) is 16.7. The molecule has 0 fully saturated rings. The average Bonchev–Trinajstić information content (AvgIpc) is 3.13. The number of nitrogens with zero attached hydrogens (tertiary/aromatic N) is 2. The van der Waals surface area contributed by atoms with Crippen molar-refractivity contribution in [1.82, 2.24) is 14.9 Å². The molecule has 0 aliphatic rings. The number of carbonyl (C=O) groups is 1. The van der Waals surface area contributed by atoms with Crippen molar-refractivity contribution in [3.05, 3.63) is 48.5 Å². The van der Waals surface area contributed by atoms with E-state index in [4.69, 9.17) is 0 Å². The van der Waals surface area contributed by atoms with Gasteiger partial charge in [0.2, 0.25) is 0 Å². The molecule has 0 saturated carbocycles. The molecule has 1 aromatic heterocycles. The number of aromatic nitrogens is 2. The Morgan fingerprint density at radius 1 is 1.26 bits per heavy atom. The van der Waals surface area contributed by atoms with Gasteiger partial charge in [-0.1, -0.05) is 13.8 Å². The fraction of sp³-hybridized carbons (Fsp3) is 0.444. The van der Waals surface area contributed by atoms with Crippen LogP contribution < -0.4 is 5.32 Å². The maximum atomic E-state index is 12.3. The van der Waals surface area contributed by atoms with Crippen molar-refractivity contribution < 1.29 is 9.90 Å². The van der Waals surface area contributed by atoms with Gasteiger partial charge in [0.1, 0.15) is 0 Å². The van der Waals surface area contributed by atoms with Gasteiger partial charge in [-0.2, -0.15) is 0 Å². The zero-order valence-corrected chi connectivity index (χ0v) is 13.8. The van der Waals surface area contributed by atoms with Crippen LogP contribution in [0.2, 0.25) is 0 Å². The molecule has 5 heteroatoms. The van der Waals surface area contributed by atoms with Crippen LogP contribution in [0.25, 0.3) is 5.69 Å². The van der Waals surface area contributed by atoms with Crippen molar-refractivity contribution in [1.29, 1.82) is 0 Å². The molecule has 0 bridgehead atoms. The Balaban J connectivity index is 2.00.